The van der Waals surface area contributed by atoms with Gasteiger partial charge in [-0.3, -0.25) is 4.79 Å². The molecule has 0 unspecified atom stereocenters. The van der Waals surface area contributed by atoms with Gasteiger partial charge in [-0.1, -0.05) is 47.4 Å². The smallest absolute Gasteiger partial charge is 0.210 e. The van der Waals surface area contributed by atoms with Gasteiger partial charge in [0.15, 0.2) is 10.1 Å². The summed E-state index contributed by atoms with van der Waals surface area (Å²) in [5.41, 5.74) is 0.868. The summed E-state index contributed by atoms with van der Waals surface area (Å²) in [5, 5.41) is 11.3. The Morgan fingerprint density at radius 3 is 2.76 bits per heavy atom. The molecule has 128 valence electrons. The minimum atomic E-state index is -0.363. The predicted molar refractivity (Wildman–Crippen MR) is 97.6 cm³/mol. The van der Waals surface area contributed by atoms with Crippen LogP contribution in [0.3, 0.4) is 0 Å². The highest BCUT2D eigenvalue weighted by Gasteiger charge is 2.14. The lowest BCUT2D eigenvalue weighted by atomic mass is 10.1. The van der Waals surface area contributed by atoms with E-state index in [1.54, 1.807) is 36.4 Å². The third-order valence-corrected chi connectivity index (χ3v) is 5.23. The second-order valence-electron chi connectivity index (χ2n) is 4.89. The number of methoxy groups -OCH3 is 1. The first-order valence-electron chi connectivity index (χ1n) is 7.31. The summed E-state index contributed by atoms with van der Waals surface area (Å²) >= 11 is 2.55. The average molecular weight is 375 g/mol. The van der Waals surface area contributed by atoms with E-state index >= 15 is 0 Å². The summed E-state index contributed by atoms with van der Waals surface area (Å²) in [6.45, 7) is 0. The standard InChI is InChI=1S/C17H14FN3O2S2/c1-23-15-9-5-2-6-11(15)14(22)10-24-17-21-20-16(25-17)19-13-8-4-3-7-12(13)18/h2-9H,10H2,1H3,(H,19,20). The zero-order valence-electron chi connectivity index (χ0n) is 13.2. The van der Waals surface area contributed by atoms with Crippen molar-refractivity contribution in [2.24, 2.45) is 0 Å². The summed E-state index contributed by atoms with van der Waals surface area (Å²) in [7, 11) is 1.53. The highest BCUT2D eigenvalue weighted by molar-refractivity contribution is 8.01. The zero-order valence-corrected chi connectivity index (χ0v) is 14.9. The molecule has 0 aliphatic rings. The number of ether oxygens (including phenoxy) is 1. The van der Waals surface area contributed by atoms with E-state index in [-0.39, 0.29) is 17.4 Å². The van der Waals surface area contributed by atoms with Crippen LogP contribution in [0.15, 0.2) is 52.9 Å². The fourth-order valence-corrected chi connectivity index (χ4v) is 3.72. The number of nitrogens with zero attached hydrogens (tertiary/aromatic N) is 2. The Hall–Kier alpha value is -2.45. The molecule has 0 saturated carbocycles. The Morgan fingerprint density at radius 1 is 1.20 bits per heavy atom. The number of thioether (sulfide) groups is 1. The van der Waals surface area contributed by atoms with Gasteiger partial charge in [-0.2, -0.15) is 0 Å². The number of benzene rings is 2. The van der Waals surface area contributed by atoms with Gasteiger partial charge in [0.2, 0.25) is 5.13 Å². The molecule has 1 N–H and O–H groups in total. The van der Waals surface area contributed by atoms with Gasteiger partial charge >= 0.3 is 0 Å². The first-order chi connectivity index (χ1) is 12.2. The van der Waals surface area contributed by atoms with Gasteiger partial charge < -0.3 is 10.1 Å². The SMILES string of the molecule is COc1ccccc1C(=O)CSc1nnc(Nc2ccccc2F)s1. The fraction of sp³-hybridized carbons (Fsp3) is 0.118. The lowest BCUT2D eigenvalue weighted by Crippen LogP contribution is -2.04. The van der Waals surface area contributed by atoms with Gasteiger partial charge in [-0.25, -0.2) is 4.39 Å². The number of nitrogens with one attached hydrogen (secondary N) is 1. The van der Waals surface area contributed by atoms with E-state index < -0.39 is 0 Å². The highest BCUT2D eigenvalue weighted by Crippen LogP contribution is 2.29. The summed E-state index contributed by atoms with van der Waals surface area (Å²) in [6.07, 6.45) is 0. The quantitative estimate of drug-likeness (QED) is 0.488. The number of Topliss-reactive ketones (excluding diaryl/α,β-unsaturated/α-hetero) is 1. The number of hydrogen-bond donors (Lipinski definition) is 1. The van der Waals surface area contributed by atoms with E-state index in [2.05, 4.69) is 15.5 Å². The van der Waals surface area contributed by atoms with Crippen LogP contribution in [0, 0.1) is 5.82 Å². The molecule has 0 aliphatic heterocycles. The van der Waals surface area contributed by atoms with Crippen LogP contribution in [0.1, 0.15) is 10.4 Å². The van der Waals surface area contributed by atoms with Gasteiger partial charge in [-0.15, -0.1) is 10.2 Å². The van der Waals surface area contributed by atoms with E-state index in [0.717, 1.165) is 0 Å². The first kappa shape index (κ1) is 17.4. The number of ketones is 1. The average Bonchev–Trinajstić information content (AvgIpc) is 3.09. The van der Waals surface area contributed by atoms with Crippen molar-refractivity contribution >= 4 is 39.7 Å². The van der Waals surface area contributed by atoms with Gasteiger partial charge in [0.1, 0.15) is 11.6 Å². The van der Waals surface area contributed by atoms with Crippen LogP contribution in [0.2, 0.25) is 0 Å². The van der Waals surface area contributed by atoms with Crippen LogP contribution in [0.4, 0.5) is 15.2 Å². The first-order valence-corrected chi connectivity index (χ1v) is 9.11. The van der Waals surface area contributed by atoms with Crippen LogP contribution in [-0.4, -0.2) is 28.8 Å². The summed E-state index contributed by atoms with van der Waals surface area (Å²) in [5.74, 6) is 0.348. The number of rotatable bonds is 7. The van der Waals surface area contributed by atoms with Crippen LogP contribution >= 0.6 is 23.1 Å². The predicted octanol–water partition coefficient (Wildman–Crippen LogP) is 4.40. The second kappa shape index (κ2) is 8.09. The van der Waals surface area contributed by atoms with Gasteiger partial charge in [0.25, 0.3) is 0 Å². The monoisotopic (exact) mass is 375 g/mol. The molecule has 0 radical (unpaired) electrons. The maximum atomic E-state index is 13.6. The number of halogens is 1. The van der Waals surface area contributed by atoms with Crippen molar-refractivity contribution in [2.45, 2.75) is 4.34 Å². The highest BCUT2D eigenvalue weighted by atomic mass is 32.2. The van der Waals surface area contributed by atoms with Crippen molar-refractivity contribution in [3.63, 3.8) is 0 Å². The number of hydrogen-bond acceptors (Lipinski definition) is 7. The minimum Gasteiger partial charge on any atom is -0.496 e. The number of carbonyl (C=O) groups is 1. The Morgan fingerprint density at radius 2 is 1.96 bits per heavy atom. The number of para-hydroxylation sites is 2. The van der Waals surface area contributed by atoms with Crippen LogP contribution in [-0.2, 0) is 0 Å². The summed E-state index contributed by atoms with van der Waals surface area (Å²) in [6, 6.07) is 13.4. The number of anilines is 2. The fourth-order valence-electron chi connectivity index (χ4n) is 2.08. The third-order valence-electron chi connectivity index (χ3n) is 3.26. The molecule has 2 aromatic carbocycles. The molecule has 0 spiro atoms. The Kier molecular flexibility index (Phi) is 5.62. The molecule has 8 heteroatoms. The molecular weight excluding hydrogens is 361 g/mol. The summed E-state index contributed by atoms with van der Waals surface area (Å²) < 4.78 is 19.5. The van der Waals surface area contributed by atoms with Crippen LogP contribution in [0.5, 0.6) is 5.75 Å². The van der Waals surface area contributed by atoms with Crippen molar-refractivity contribution in [2.75, 3.05) is 18.2 Å². The molecule has 3 aromatic rings. The van der Waals surface area contributed by atoms with Crippen molar-refractivity contribution in [3.05, 3.63) is 59.9 Å². The van der Waals surface area contributed by atoms with Crippen molar-refractivity contribution in [3.8, 4) is 5.75 Å². The third kappa shape index (κ3) is 4.34. The summed E-state index contributed by atoms with van der Waals surface area (Å²) in [4.78, 5) is 12.3. The molecular formula is C17H14FN3O2S2. The molecule has 25 heavy (non-hydrogen) atoms. The maximum Gasteiger partial charge on any atom is 0.210 e. The lowest BCUT2D eigenvalue weighted by Gasteiger charge is -2.05. The second-order valence-corrected chi connectivity index (χ2v) is 7.09. The van der Waals surface area contributed by atoms with E-state index in [0.29, 0.717) is 26.5 Å². The van der Waals surface area contributed by atoms with Crippen molar-refractivity contribution < 1.29 is 13.9 Å². The number of aromatic nitrogens is 2. The van der Waals surface area contributed by atoms with E-state index in [4.69, 9.17) is 4.74 Å². The lowest BCUT2D eigenvalue weighted by molar-refractivity contribution is 0.101. The Labute approximate surface area is 152 Å². The molecule has 5 nitrogen and oxygen atoms in total. The van der Waals surface area contributed by atoms with Crippen LogP contribution in [0.25, 0.3) is 0 Å². The topological polar surface area (TPSA) is 64.1 Å². The van der Waals surface area contributed by atoms with Gasteiger partial charge in [0, 0.05) is 0 Å². The maximum absolute atomic E-state index is 13.6. The molecule has 0 fully saturated rings. The molecule has 0 atom stereocenters. The molecule has 0 amide bonds. The van der Waals surface area contributed by atoms with E-state index in [1.165, 1.54) is 36.3 Å². The Bertz CT molecular complexity index is 886. The van der Waals surface area contributed by atoms with Crippen molar-refractivity contribution in [1.29, 1.82) is 0 Å². The van der Waals surface area contributed by atoms with E-state index in [9.17, 15) is 9.18 Å². The Balaban J connectivity index is 1.62. The van der Waals surface area contributed by atoms with E-state index in [1.807, 2.05) is 6.07 Å². The minimum absolute atomic E-state index is 0.0544. The molecule has 1 heterocycles. The largest absolute Gasteiger partial charge is 0.496 e. The molecule has 0 bridgehead atoms. The molecule has 0 aliphatic carbocycles. The molecule has 3 rings (SSSR count). The zero-order chi connectivity index (χ0) is 17.6. The van der Waals surface area contributed by atoms with Crippen LogP contribution < -0.4 is 10.1 Å². The molecule has 1 aromatic heterocycles. The van der Waals surface area contributed by atoms with Gasteiger partial charge in [0.05, 0.1) is 24.1 Å². The van der Waals surface area contributed by atoms with Gasteiger partial charge in [-0.05, 0) is 24.3 Å². The van der Waals surface area contributed by atoms with Crippen molar-refractivity contribution in [1.82, 2.24) is 10.2 Å². The normalized spacial score (nSPS) is 10.5. The molecule has 0 saturated heterocycles. The number of carbonyl (C=O) groups excluding carboxylic acids is 1.